The average molecular weight is 466 g/mol. The first-order valence-corrected chi connectivity index (χ1v) is 9.95. The van der Waals surface area contributed by atoms with Crippen molar-refractivity contribution in [3.05, 3.63) is 89.5 Å². The molecule has 3 aromatic carbocycles. The van der Waals surface area contributed by atoms with Gasteiger partial charge in [-0.15, -0.1) is 0 Å². The van der Waals surface area contributed by atoms with Crippen LogP contribution in [-0.2, 0) is 18.5 Å². The highest BCUT2D eigenvalue weighted by molar-refractivity contribution is 7.79. The van der Waals surface area contributed by atoms with Crippen LogP contribution in [0.5, 0.6) is 0 Å². The van der Waals surface area contributed by atoms with E-state index in [1.165, 1.54) is 48.5 Å². The second-order valence-corrected chi connectivity index (χ2v) is 8.57. The second-order valence-electron chi connectivity index (χ2n) is 6.38. The third kappa shape index (κ3) is 4.87. The Balaban J connectivity index is 2.46. The summed E-state index contributed by atoms with van der Waals surface area (Å²) >= 11 is 0. The van der Waals surface area contributed by atoms with Crippen LogP contribution < -0.4 is 15.9 Å². The Morgan fingerprint density at radius 1 is 0.452 bits per heavy atom. The zero-order valence-electron chi connectivity index (χ0n) is 15.3. The van der Waals surface area contributed by atoms with Crippen LogP contribution >= 0.6 is 7.92 Å². The van der Waals surface area contributed by atoms with E-state index in [-0.39, 0.29) is 16.7 Å². The molecule has 0 nitrogen and oxygen atoms in total. The largest absolute Gasteiger partial charge is 0.417 e. The van der Waals surface area contributed by atoms with Gasteiger partial charge in [-0.05, 0) is 29.9 Å². The van der Waals surface area contributed by atoms with Gasteiger partial charge in [0, 0.05) is 0 Å². The lowest BCUT2D eigenvalue weighted by Crippen LogP contribution is -2.32. The van der Waals surface area contributed by atoms with Crippen LogP contribution in [0.4, 0.5) is 39.5 Å². The quantitative estimate of drug-likeness (QED) is 0.305. The smallest absolute Gasteiger partial charge is 0.166 e. The van der Waals surface area contributed by atoms with Crippen molar-refractivity contribution in [2.45, 2.75) is 18.5 Å². The van der Waals surface area contributed by atoms with Crippen LogP contribution in [0.2, 0.25) is 0 Å². The van der Waals surface area contributed by atoms with E-state index in [1.807, 2.05) is 0 Å². The molecule has 0 saturated heterocycles. The normalized spacial score (nSPS) is 13.0. The molecule has 0 heterocycles. The maximum absolute atomic E-state index is 13.9. The minimum absolute atomic E-state index is 0.0780. The highest BCUT2D eigenvalue weighted by atomic mass is 31.1. The SMILES string of the molecule is FC(F)(F)c1ccc(P(c2ccccc2)c2ccccc2)c(C(F)(F)F)c1C(F)(F)F. The van der Waals surface area contributed by atoms with Gasteiger partial charge in [-0.2, -0.15) is 39.5 Å². The fraction of sp³-hybridized carbons (Fsp3) is 0.143. The van der Waals surface area contributed by atoms with Crippen molar-refractivity contribution in [1.29, 1.82) is 0 Å². The number of hydrogen-bond acceptors (Lipinski definition) is 0. The molecule has 0 aliphatic heterocycles. The molecule has 31 heavy (non-hydrogen) atoms. The molecule has 0 amide bonds. The summed E-state index contributed by atoms with van der Waals surface area (Å²) in [6.45, 7) is 0. The fourth-order valence-electron chi connectivity index (χ4n) is 3.18. The summed E-state index contributed by atoms with van der Waals surface area (Å²) in [6, 6.07) is 15.4. The molecule has 0 aromatic heterocycles. The van der Waals surface area contributed by atoms with E-state index >= 15 is 0 Å². The molecule has 0 N–H and O–H groups in total. The van der Waals surface area contributed by atoms with Crippen LogP contribution in [0, 0.1) is 0 Å². The molecule has 164 valence electrons. The summed E-state index contributed by atoms with van der Waals surface area (Å²) in [7, 11) is -2.23. The number of rotatable bonds is 3. The summed E-state index contributed by atoms with van der Waals surface area (Å²) < 4.78 is 122. The lowest BCUT2D eigenvalue weighted by Gasteiger charge is -2.27. The van der Waals surface area contributed by atoms with Gasteiger partial charge in [0.05, 0.1) is 16.7 Å². The molecule has 0 unspecified atom stereocenters. The molecule has 3 aromatic rings. The van der Waals surface area contributed by atoms with Crippen LogP contribution in [0.15, 0.2) is 72.8 Å². The van der Waals surface area contributed by atoms with E-state index in [1.54, 1.807) is 12.1 Å². The average Bonchev–Trinajstić information content (AvgIpc) is 2.67. The molecule has 0 spiro atoms. The van der Waals surface area contributed by atoms with Gasteiger partial charge in [0.1, 0.15) is 0 Å². The molecule has 10 heteroatoms. The van der Waals surface area contributed by atoms with Gasteiger partial charge < -0.3 is 0 Å². The van der Waals surface area contributed by atoms with Crippen molar-refractivity contribution in [3.8, 4) is 0 Å². The van der Waals surface area contributed by atoms with Crippen LogP contribution in [0.1, 0.15) is 16.7 Å². The Hall–Kier alpha value is -2.54. The van der Waals surface area contributed by atoms with Gasteiger partial charge in [-0.3, -0.25) is 0 Å². The second kappa shape index (κ2) is 8.19. The number of benzene rings is 3. The lowest BCUT2D eigenvalue weighted by molar-refractivity contribution is -0.174. The van der Waals surface area contributed by atoms with Gasteiger partial charge in [0.15, 0.2) is 0 Å². The Bertz CT molecular complexity index is 997. The number of halogens is 9. The topological polar surface area (TPSA) is 0 Å². The Labute approximate surface area is 172 Å². The van der Waals surface area contributed by atoms with E-state index in [2.05, 4.69) is 0 Å². The minimum Gasteiger partial charge on any atom is -0.166 e. The van der Waals surface area contributed by atoms with E-state index in [9.17, 15) is 39.5 Å². The standard InChI is InChI=1S/C21H12F9P/c22-19(23,24)15-11-12-16(18(21(28,29)30)17(15)20(25,26)27)31(13-7-3-1-4-8-13)14-9-5-2-6-10-14/h1-12H. The van der Waals surface area contributed by atoms with Crippen LogP contribution in [0.3, 0.4) is 0 Å². The molecule has 0 fully saturated rings. The van der Waals surface area contributed by atoms with Crippen LogP contribution in [-0.4, -0.2) is 0 Å². The van der Waals surface area contributed by atoms with Gasteiger partial charge in [-0.1, -0.05) is 66.7 Å². The van der Waals surface area contributed by atoms with Gasteiger partial charge >= 0.3 is 18.5 Å². The predicted molar refractivity (Wildman–Crippen MR) is 100 cm³/mol. The summed E-state index contributed by atoms with van der Waals surface area (Å²) in [6.07, 6.45) is -17.2. The van der Waals surface area contributed by atoms with Crippen molar-refractivity contribution >= 4 is 23.8 Å². The van der Waals surface area contributed by atoms with E-state index in [0.29, 0.717) is 6.07 Å². The predicted octanol–water partition coefficient (Wildman–Crippen LogP) is 6.50. The van der Waals surface area contributed by atoms with E-state index in [0.717, 1.165) is 0 Å². The molecule has 0 aliphatic rings. The van der Waals surface area contributed by atoms with Crippen molar-refractivity contribution in [3.63, 3.8) is 0 Å². The molecule has 0 aliphatic carbocycles. The zero-order valence-corrected chi connectivity index (χ0v) is 16.2. The molecule has 3 rings (SSSR count). The highest BCUT2D eigenvalue weighted by Gasteiger charge is 2.52. The Morgan fingerprint density at radius 3 is 1.23 bits per heavy atom. The summed E-state index contributed by atoms with van der Waals surface area (Å²) in [5.41, 5.74) is -7.40. The summed E-state index contributed by atoms with van der Waals surface area (Å²) in [4.78, 5) is 0. The molecular formula is C21H12F9P. The Morgan fingerprint density at radius 2 is 0.871 bits per heavy atom. The molecule has 0 bridgehead atoms. The van der Waals surface area contributed by atoms with Crippen molar-refractivity contribution < 1.29 is 39.5 Å². The number of hydrogen-bond donors (Lipinski definition) is 0. The third-order valence-corrected chi connectivity index (χ3v) is 6.81. The van der Waals surface area contributed by atoms with E-state index < -0.39 is 48.4 Å². The first-order valence-electron chi connectivity index (χ1n) is 8.60. The van der Waals surface area contributed by atoms with E-state index in [4.69, 9.17) is 0 Å². The first-order chi connectivity index (χ1) is 14.3. The monoisotopic (exact) mass is 466 g/mol. The lowest BCUT2D eigenvalue weighted by atomic mass is 9.99. The molecule has 0 atom stereocenters. The first kappa shape index (κ1) is 23.1. The van der Waals surface area contributed by atoms with Crippen molar-refractivity contribution in [2.24, 2.45) is 0 Å². The minimum atomic E-state index is -5.87. The van der Waals surface area contributed by atoms with Crippen molar-refractivity contribution in [2.75, 3.05) is 0 Å². The maximum Gasteiger partial charge on any atom is 0.417 e. The molecule has 0 saturated carbocycles. The fourth-order valence-corrected chi connectivity index (χ4v) is 5.66. The van der Waals surface area contributed by atoms with Crippen LogP contribution in [0.25, 0.3) is 0 Å². The third-order valence-electron chi connectivity index (χ3n) is 4.33. The number of alkyl halides is 9. The van der Waals surface area contributed by atoms with Gasteiger partial charge in [-0.25, -0.2) is 0 Å². The summed E-state index contributed by atoms with van der Waals surface area (Å²) in [5, 5.41) is -0.315. The maximum atomic E-state index is 13.9. The Kier molecular flexibility index (Phi) is 6.11. The zero-order chi connectivity index (χ0) is 23.0. The van der Waals surface area contributed by atoms with Gasteiger partial charge in [0.2, 0.25) is 0 Å². The molecule has 0 radical (unpaired) electrons. The highest BCUT2D eigenvalue weighted by Crippen LogP contribution is 2.49. The summed E-state index contributed by atoms with van der Waals surface area (Å²) in [5.74, 6) is 0. The molecular weight excluding hydrogens is 454 g/mol. The van der Waals surface area contributed by atoms with Gasteiger partial charge in [0.25, 0.3) is 0 Å². The van der Waals surface area contributed by atoms with Crippen molar-refractivity contribution in [1.82, 2.24) is 0 Å².